The molecule has 0 radical (unpaired) electrons. The Bertz CT molecular complexity index is 932. The van der Waals surface area contributed by atoms with Gasteiger partial charge in [-0.3, -0.25) is 9.78 Å². The fourth-order valence-electron chi connectivity index (χ4n) is 2.24. The van der Waals surface area contributed by atoms with Gasteiger partial charge in [0.25, 0.3) is 5.91 Å². The largest absolute Gasteiger partial charge is 0.380 e. The van der Waals surface area contributed by atoms with Crippen LogP contribution >= 0.6 is 11.6 Å². The molecule has 4 nitrogen and oxygen atoms in total. The zero-order valence-electron chi connectivity index (χ0n) is 13.5. The lowest BCUT2D eigenvalue weighted by molar-refractivity contribution is 0.102. The normalized spacial score (nSPS) is 10.4. The number of amides is 1. The smallest absolute Gasteiger partial charge is 0.257 e. The van der Waals surface area contributed by atoms with Crippen molar-refractivity contribution in [2.24, 2.45) is 0 Å². The minimum Gasteiger partial charge on any atom is -0.380 e. The molecule has 0 spiro atoms. The van der Waals surface area contributed by atoms with E-state index in [-0.39, 0.29) is 10.8 Å². The highest BCUT2D eigenvalue weighted by molar-refractivity contribution is 6.31. The van der Waals surface area contributed by atoms with Gasteiger partial charge >= 0.3 is 0 Å². The predicted molar refractivity (Wildman–Crippen MR) is 97.3 cm³/mol. The van der Waals surface area contributed by atoms with Crippen molar-refractivity contribution < 1.29 is 13.6 Å². The first-order chi connectivity index (χ1) is 12.5. The molecule has 2 aromatic carbocycles. The number of carbonyl (C=O) groups is 1. The molecule has 0 aliphatic carbocycles. The van der Waals surface area contributed by atoms with Crippen LogP contribution in [0.4, 0.5) is 20.2 Å². The van der Waals surface area contributed by atoms with Crippen molar-refractivity contribution in [1.29, 1.82) is 0 Å². The summed E-state index contributed by atoms with van der Waals surface area (Å²) in [7, 11) is 0. The number of hydrogen-bond donors (Lipinski definition) is 2. The molecule has 0 saturated carbocycles. The van der Waals surface area contributed by atoms with E-state index in [9.17, 15) is 13.6 Å². The second kappa shape index (κ2) is 7.93. The van der Waals surface area contributed by atoms with Crippen LogP contribution in [0.15, 0.2) is 60.9 Å². The van der Waals surface area contributed by atoms with E-state index in [1.54, 1.807) is 24.4 Å². The number of benzene rings is 2. The molecule has 3 aromatic rings. The number of nitrogens with zero attached hydrogens (tertiary/aromatic N) is 1. The number of halogens is 3. The van der Waals surface area contributed by atoms with Gasteiger partial charge in [0.2, 0.25) is 0 Å². The second-order valence-electron chi connectivity index (χ2n) is 5.53. The first-order valence-corrected chi connectivity index (χ1v) is 8.09. The van der Waals surface area contributed by atoms with Crippen molar-refractivity contribution in [2.75, 3.05) is 10.6 Å². The van der Waals surface area contributed by atoms with Gasteiger partial charge in [0, 0.05) is 24.6 Å². The highest BCUT2D eigenvalue weighted by Crippen LogP contribution is 2.20. The quantitative estimate of drug-likeness (QED) is 0.670. The lowest BCUT2D eigenvalue weighted by Gasteiger charge is -2.09. The molecule has 1 amide bonds. The predicted octanol–water partition coefficient (Wildman–Crippen LogP) is 4.88. The van der Waals surface area contributed by atoms with E-state index < -0.39 is 11.7 Å². The molecule has 0 atom stereocenters. The van der Waals surface area contributed by atoms with E-state index in [0.717, 1.165) is 5.56 Å². The molecule has 3 rings (SSSR count). The maximum absolute atomic E-state index is 13.2. The molecule has 0 aliphatic heterocycles. The van der Waals surface area contributed by atoms with E-state index >= 15 is 0 Å². The van der Waals surface area contributed by atoms with E-state index in [2.05, 4.69) is 15.6 Å². The van der Waals surface area contributed by atoms with Crippen LogP contribution in [0.2, 0.25) is 5.02 Å². The number of aromatic nitrogens is 1. The van der Waals surface area contributed by atoms with Crippen LogP contribution in [0.3, 0.4) is 0 Å². The molecule has 0 aliphatic rings. The summed E-state index contributed by atoms with van der Waals surface area (Å²) in [6, 6.07) is 11.7. The zero-order chi connectivity index (χ0) is 18.5. The van der Waals surface area contributed by atoms with Crippen LogP contribution in [0.1, 0.15) is 15.9 Å². The maximum atomic E-state index is 13.2. The Balaban J connectivity index is 1.66. The number of carbonyl (C=O) groups excluding carboxylic acids is 1. The van der Waals surface area contributed by atoms with Gasteiger partial charge < -0.3 is 10.6 Å². The number of hydrogen-bond acceptors (Lipinski definition) is 3. The molecule has 132 valence electrons. The van der Waals surface area contributed by atoms with Gasteiger partial charge in [-0.1, -0.05) is 23.7 Å². The van der Waals surface area contributed by atoms with Crippen molar-refractivity contribution in [3.63, 3.8) is 0 Å². The first kappa shape index (κ1) is 17.8. The fourth-order valence-corrected chi connectivity index (χ4v) is 2.42. The topological polar surface area (TPSA) is 54.0 Å². The van der Waals surface area contributed by atoms with Gasteiger partial charge in [0.05, 0.1) is 16.3 Å². The van der Waals surface area contributed by atoms with E-state index in [0.29, 0.717) is 23.5 Å². The molecule has 0 bridgehead atoms. The summed E-state index contributed by atoms with van der Waals surface area (Å²) in [5.41, 5.74) is 2.24. The highest BCUT2D eigenvalue weighted by atomic mass is 35.5. The zero-order valence-corrected chi connectivity index (χ0v) is 14.2. The molecular weight excluding hydrogens is 360 g/mol. The summed E-state index contributed by atoms with van der Waals surface area (Å²) >= 11 is 5.71. The van der Waals surface area contributed by atoms with E-state index in [1.807, 2.05) is 0 Å². The molecule has 26 heavy (non-hydrogen) atoms. The van der Waals surface area contributed by atoms with Crippen molar-refractivity contribution in [3.8, 4) is 0 Å². The van der Waals surface area contributed by atoms with Crippen LogP contribution in [0, 0.1) is 11.6 Å². The Morgan fingerprint density at radius 3 is 2.50 bits per heavy atom. The molecule has 1 aromatic heterocycles. The van der Waals surface area contributed by atoms with Crippen molar-refractivity contribution in [2.45, 2.75) is 6.54 Å². The van der Waals surface area contributed by atoms with Gasteiger partial charge in [0.15, 0.2) is 0 Å². The average Bonchev–Trinajstić information content (AvgIpc) is 2.64. The van der Waals surface area contributed by atoms with E-state index in [1.165, 1.54) is 36.5 Å². The maximum Gasteiger partial charge on any atom is 0.257 e. The third-order valence-corrected chi connectivity index (χ3v) is 3.88. The summed E-state index contributed by atoms with van der Waals surface area (Å²) in [4.78, 5) is 16.4. The molecular formula is C19H14ClF2N3O. The minimum atomic E-state index is -0.557. The summed E-state index contributed by atoms with van der Waals surface area (Å²) in [5, 5.41) is 5.68. The lowest BCUT2D eigenvalue weighted by Crippen LogP contribution is -2.13. The Kier molecular flexibility index (Phi) is 5.43. The molecule has 7 heteroatoms. The van der Waals surface area contributed by atoms with Crippen molar-refractivity contribution >= 4 is 28.9 Å². The summed E-state index contributed by atoms with van der Waals surface area (Å²) < 4.78 is 26.1. The number of anilines is 2. The number of nitrogens with one attached hydrogen (secondary N) is 2. The van der Waals surface area contributed by atoms with Crippen LogP contribution in [-0.2, 0) is 6.54 Å². The lowest BCUT2D eigenvalue weighted by atomic mass is 10.2. The SMILES string of the molecule is O=C(Nc1ccc(F)c(Cl)c1)c1cncc(NCc2ccc(F)cc2)c1. The number of pyridine rings is 1. The molecule has 2 N–H and O–H groups in total. The van der Waals surface area contributed by atoms with Crippen molar-refractivity contribution in [3.05, 3.63) is 88.7 Å². The van der Waals surface area contributed by atoms with E-state index in [4.69, 9.17) is 11.6 Å². The minimum absolute atomic E-state index is 0.0735. The summed E-state index contributed by atoms with van der Waals surface area (Å²) in [6.45, 7) is 0.459. The first-order valence-electron chi connectivity index (χ1n) is 7.71. The Morgan fingerprint density at radius 1 is 1.00 bits per heavy atom. The molecule has 1 heterocycles. The fraction of sp³-hybridized carbons (Fsp3) is 0.0526. The van der Waals surface area contributed by atoms with Crippen LogP contribution < -0.4 is 10.6 Å². The standard InChI is InChI=1S/C19H14ClF2N3O/c20-17-8-15(5-6-18(17)22)25-19(26)13-7-16(11-23-10-13)24-9-12-1-3-14(21)4-2-12/h1-8,10-11,24H,9H2,(H,25,26). The van der Waals surface area contributed by atoms with Gasteiger partial charge in [-0.25, -0.2) is 8.78 Å². The molecule has 0 saturated heterocycles. The van der Waals surface area contributed by atoms with Gasteiger partial charge in [-0.05, 0) is 42.0 Å². The van der Waals surface area contributed by atoms with Crippen LogP contribution in [-0.4, -0.2) is 10.9 Å². The van der Waals surface area contributed by atoms with Gasteiger partial charge in [-0.15, -0.1) is 0 Å². The average molecular weight is 374 g/mol. The number of rotatable bonds is 5. The summed E-state index contributed by atoms with van der Waals surface area (Å²) in [6.07, 6.45) is 3.00. The highest BCUT2D eigenvalue weighted by Gasteiger charge is 2.09. The Hall–Kier alpha value is -2.99. The van der Waals surface area contributed by atoms with Crippen molar-refractivity contribution in [1.82, 2.24) is 4.98 Å². The third kappa shape index (κ3) is 4.55. The third-order valence-electron chi connectivity index (χ3n) is 3.59. The van der Waals surface area contributed by atoms with Gasteiger partial charge in [-0.2, -0.15) is 0 Å². The second-order valence-corrected chi connectivity index (χ2v) is 5.93. The summed E-state index contributed by atoms with van der Waals surface area (Å²) in [5.74, 6) is -1.25. The Morgan fingerprint density at radius 2 is 1.77 bits per heavy atom. The Labute approximate surface area is 153 Å². The van der Waals surface area contributed by atoms with Gasteiger partial charge in [0.1, 0.15) is 11.6 Å². The monoisotopic (exact) mass is 373 g/mol. The van der Waals surface area contributed by atoms with Crippen LogP contribution in [0.25, 0.3) is 0 Å². The molecule has 0 fully saturated rings. The van der Waals surface area contributed by atoms with Crippen LogP contribution in [0.5, 0.6) is 0 Å². The molecule has 0 unspecified atom stereocenters.